The molecule has 1 saturated heterocycles. The van der Waals surface area contributed by atoms with Crippen molar-refractivity contribution in [3.05, 3.63) is 58.1 Å². The first-order valence-corrected chi connectivity index (χ1v) is 14.4. The van der Waals surface area contributed by atoms with Crippen molar-refractivity contribution in [3.63, 3.8) is 0 Å². The second-order valence-electron chi connectivity index (χ2n) is 11.1. The van der Waals surface area contributed by atoms with Crippen LogP contribution < -0.4 is 10.1 Å². The van der Waals surface area contributed by atoms with Crippen LogP contribution in [-0.2, 0) is 33.7 Å². The second kappa shape index (κ2) is 13.0. The van der Waals surface area contributed by atoms with Gasteiger partial charge in [0, 0.05) is 19.2 Å². The molecule has 1 fully saturated rings. The van der Waals surface area contributed by atoms with Crippen LogP contribution >= 0.6 is 11.3 Å². The van der Waals surface area contributed by atoms with E-state index in [-0.39, 0.29) is 30.9 Å². The molecule has 1 aliphatic carbocycles. The van der Waals surface area contributed by atoms with Crippen molar-refractivity contribution < 1.29 is 29.0 Å². The number of aromatic nitrogens is 1. The van der Waals surface area contributed by atoms with E-state index in [1.165, 1.54) is 18.4 Å². The minimum absolute atomic E-state index is 0.0287. The molecule has 2 aliphatic rings. The predicted molar refractivity (Wildman–Crippen MR) is 157 cm³/mol. The summed E-state index contributed by atoms with van der Waals surface area (Å²) in [6, 6.07) is 11.2. The summed E-state index contributed by atoms with van der Waals surface area (Å²) >= 11 is 1.40. The highest BCUT2D eigenvalue weighted by Crippen LogP contribution is 2.40. The van der Waals surface area contributed by atoms with Gasteiger partial charge >= 0.3 is 5.97 Å². The summed E-state index contributed by atoms with van der Waals surface area (Å²) in [6.07, 6.45) is 0.517. The number of nitrogens with zero attached hydrogens (tertiary/aromatic N) is 3. The summed E-state index contributed by atoms with van der Waals surface area (Å²) in [6.45, 7) is 3.62. The number of carbonyl (C=O) groups excluding carboxylic acids is 2. The first-order valence-electron chi connectivity index (χ1n) is 13.6. The average Bonchev–Trinajstić information content (AvgIpc) is 3.50. The number of aliphatic carboxylic acids is 1. The van der Waals surface area contributed by atoms with Gasteiger partial charge in [-0.1, -0.05) is 24.3 Å². The van der Waals surface area contributed by atoms with Gasteiger partial charge in [-0.25, -0.2) is 4.98 Å². The van der Waals surface area contributed by atoms with Crippen molar-refractivity contribution in [1.82, 2.24) is 20.1 Å². The molecule has 3 aromatic rings. The SMILES string of the molecule is CN(C)C.COc1cc2sc(CNC(=O)C3(CC(=O)O)Cc4ccccc4C3)nc2cc1C(=O)N1CCOC(C)C1. The van der Waals surface area contributed by atoms with Crippen molar-refractivity contribution in [2.45, 2.75) is 38.8 Å². The molecule has 0 saturated carbocycles. The fraction of sp³-hybridized carbons (Fsp3) is 0.467. The third-order valence-electron chi connectivity index (χ3n) is 7.06. The molecule has 2 aromatic carbocycles. The normalized spacial score (nSPS) is 17.5. The number of amides is 2. The minimum Gasteiger partial charge on any atom is -0.496 e. The molecule has 220 valence electrons. The second-order valence-corrected chi connectivity index (χ2v) is 12.2. The molecule has 2 heterocycles. The zero-order chi connectivity index (χ0) is 29.7. The lowest BCUT2D eigenvalue weighted by molar-refractivity contribution is -0.145. The Bertz CT molecular complexity index is 1390. The fourth-order valence-corrected chi connectivity index (χ4v) is 6.20. The maximum absolute atomic E-state index is 13.3. The molecule has 1 aromatic heterocycles. The third-order valence-corrected chi connectivity index (χ3v) is 8.08. The molecule has 1 unspecified atom stereocenters. The van der Waals surface area contributed by atoms with Gasteiger partial charge in [0.25, 0.3) is 5.91 Å². The highest BCUT2D eigenvalue weighted by molar-refractivity contribution is 7.18. The van der Waals surface area contributed by atoms with E-state index in [1.807, 2.05) is 57.2 Å². The van der Waals surface area contributed by atoms with E-state index in [2.05, 4.69) is 10.3 Å². The highest BCUT2D eigenvalue weighted by atomic mass is 32.1. The lowest BCUT2D eigenvalue weighted by Crippen LogP contribution is -2.44. The Labute approximate surface area is 244 Å². The summed E-state index contributed by atoms with van der Waals surface area (Å²) in [7, 11) is 7.53. The summed E-state index contributed by atoms with van der Waals surface area (Å²) < 4.78 is 11.9. The third kappa shape index (κ3) is 7.22. The van der Waals surface area contributed by atoms with Gasteiger partial charge in [-0.3, -0.25) is 14.4 Å². The molecule has 0 bridgehead atoms. The predicted octanol–water partition coefficient (Wildman–Crippen LogP) is 3.22. The molecule has 2 N–H and O–H groups in total. The van der Waals surface area contributed by atoms with Gasteiger partial charge in [-0.2, -0.15) is 0 Å². The minimum atomic E-state index is -1.02. The Hall–Kier alpha value is -3.54. The Morgan fingerprint density at radius 2 is 1.85 bits per heavy atom. The van der Waals surface area contributed by atoms with E-state index < -0.39 is 11.4 Å². The van der Waals surface area contributed by atoms with Gasteiger partial charge in [0.05, 0.1) is 54.0 Å². The number of fused-ring (bicyclic) bond motifs is 2. The van der Waals surface area contributed by atoms with Crippen LogP contribution in [0.1, 0.15) is 39.8 Å². The number of methoxy groups -OCH3 is 1. The molecule has 0 spiro atoms. The van der Waals surface area contributed by atoms with E-state index in [0.717, 1.165) is 15.8 Å². The van der Waals surface area contributed by atoms with Crippen LogP contribution in [0.5, 0.6) is 5.75 Å². The summed E-state index contributed by atoms with van der Waals surface area (Å²) in [4.78, 5) is 46.6. The van der Waals surface area contributed by atoms with Crippen LogP contribution in [0.2, 0.25) is 0 Å². The van der Waals surface area contributed by atoms with E-state index >= 15 is 0 Å². The van der Waals surface area contributed by atoms with Crippen LogP contribution in [-0.4, -0.2) is 91.7 Å². The quantitative estimate of drug-likeness (QED) is 0.436. The van der Waals surface area contributed by atoms with Crippen molar-refractivity contribution in [2.75, 3.05) is 47.9 Å². The van der Waals surface area contributed by atoms with E-state index in [9.17, 15) is 19.5 Å². The maximum atomic E-state index is 13.3. The molecule has 10 nitrogen and oxygen atoms in total. The monoisotopic (exact) mass is 582 g/mol. The largest absolute Gasteiger partial charge is 0.496 e. The molecule has 0 radical (unpaired) electrons. The number of carboxylic acid groups (broad SMARTS) is 1. The Balaban J connectivity index is 0.000000909. The highest BCUT2D eigenvalue weighted by Gasteiger charge is 2.45. The van der Waals surface area contributed by atoms with Crippen molar-refractivity contribution in [3.8, 4) is 5.75 Å². The number of hydrogen-bond donors (Lipinski definition) is 2. The number of benzene rings is 2. The molecule has 1 aliphatic heterocycles. The first-order chi connectivity index (χ1) is 19.5. The smallest absolute Gasteiger partial charge is 0.304 e. The number of thiazole rings is 1. The van der Waals surface area contributed by atoms with Crippen molar-refractivity contribution in [1.29, 1.82) is 0 Å². The molecular weight excluding hydrogens is 544 g/mol. The molecule has 1 atom stereocenters. The number of hydrogen-bond acceptors (Lipinski definition) is 8. The zero-order valence-corrected chi connectivity index (χ0v) is 25.0. The Kier molecular flexibility index (Phi) is 9.62. The molecule has 2 amide bonds. The topological polar surface area (TPSA) is 121 Å². The number of morpholine rings is 1. The van der Waals surface area contributed by atoms with Gasteiger partial charge in [0.2, 0.25) is 5.91 Å². The lowest BCUT2D eigenvalue weighted by atomic mass is 9.80. The van der Waals surface area contributed by atoms with Gasteiger partial charge < -0.3 is 29.7 Å². The van der Waals surface area contributed by atoms with Crippen LogP contribution in [0.15, 0.2) is 36.4 Å². The van der Waals surface area contributed by atoms with Gasteiger partial charge in [0.15, 0.2) is 0 Å². The summed E-state index contributed by atoms with van der Waals surface area (Å²) in [5.41, 5.74) is 2.09. The molecule has 11 heteroatoms. The lowest BCUT2D eigenvalue weighted by Gasteiger charge is -2.31. The Morgan fingerprint density at radius 1 is 1.20 bits per heavy atom. The van der Waals surface area contributed by atoms with Crippen LogP contribution in [0.3, 0.4) is 0 Å². The van der Waals surface area contributed by atoms with Crippen LogP contribution in [0.4, 0.5) is 0 Å². The Morgan fingerprint density at radius 3 is 2.44 bits per heavy atom. The average molecular weight is 583 g/mol. The number of nitrogens with one attached hydrogen (secondary N) is 1. The molecule has 5 rings (SSSR count). The van der Waals surface area contributed by atoms with Gasteiger partial charge in [-0.05, 0) is 58.1 Å². The number of carbonyl (C=O) groups is 3. The molecular formula is C30H38N4O6S. The first kappa shape index (κ1) is 30.4. The maximum Gasteiger partial charge on any atom is 0.304 e. The van der Waals surface area contributed by atoms with Crippen LogP contribution in [0.25, 0.3) is 10.2 Å². The molecule has 41 heavy (non-hydrogen) atoms. The summed E-state index contributed by atoms with van der Waals surface area (Å²) in [5, 5.41) is 13.1. The number of ether oxygens (including phenoxy) is 2. The number of carboxylic acids is 1. The van der Waals surface area contributed by atoms with Crippen LogP contribution in [0, 0.1) is 5.41 Å². The summed E-state index contributed by atoms with van der Waals surface area (Å²) in [5.74, 6) is -0.949. The fourth-order valence-electron chi connectivity index (χ4n) is 5.28. The number of rotatable bonds is 7. The zero-order valence-electron chi connectivity index (χ0n) is 24.2. The van der Waals surface area contributed by atoms with E-state index in [0.29, 0.717) is 54.4 Å². The van der Waals surface area contributed by atoms with Crippen molar-refractivity contribution >= 4 is 39.3 Å². The van der Waals surface area contributed by atoms with Crippen molar-refractivity contribution in [2.24, 2.45) is 5.41 Å². The van der Waals surface area contributed by atoms with E-state index in [1.54, 1.807) is 17.0 Å². The van der Waals surface area contributed by atoms with Gasteiger partial charge in [-0.15, -0.1) is 11.3 Å². The standard InChI is InChI=1S/C27H29N3O6S.C3H9N/c1-16-15-30(7-8-36-16)25(33)19-9-20-22(10-21(19)35-2)37-23(29-20)14-28-26(34)27(13-24(31)32)11-17-5-3-4-6-18(17)12-27;1-4(2)3/h3-6,9-10,16H,7-8,11-15H2,1-2H3,(H,28,34)(H,31,32);1-3H3. The van der Waals surface area contributed by atoms with Gasteiger partial charge in [0.1, 0.15) is 10.8 Å². The van der Waals surface area contributed by atoms with E-state index in [4.69, 9.17) is 9.47 Å².